The quantitative estimate of drug-likeness (QED) is 0.685. The maximum Gasteiger partial charge on any atom is 0.165 e. The maximum atomic E-state index is 5.92. The Morgan fingerprint density at radius 2 is 1.95 bits per heavy atom. The van der Waals surface area contributed by atoms with Gasteiger partial charge in [0.15, 0.2) is 5.65 Å². The summed E-state index contributed by atoms with van der Waals surface area (Å²) in [4.78, 5) is 4.15. The van der Waals surface area contributed by atoms with E-state index in [9.17, 15) is 0 Å². The van der Waals surface area contributed by atoms with Crippen LogP contribution in [0.5, 0.6) is 0 Å². The van der Waals surface area contributed by atoms with Gasteiger partial charge in [0.1, 0.15) is 17.3 Å². The Kier molecular flexibility index (Phi) is 3.88. The molecule has 0 aliphatic heterocycles. The molecule has 0 radical (unpaired) electrons. The van der Waals surface area contributed by atoms with E-state index in [1.165, 1.54) is 5.56 Å². The van der Waals surface area contributed by atoms with Gasteiger partial charge in [-0.05, 0) is 11.5 Å². The predicted octanol–water partition coefficient (Wildman–Crippen LogP) is 3.96. The van der Waals surface area contributed by atoms with Crippen LogP contribution in [-0.4, -0.2) is 19.6 Å². The third kappa shape index (κ3) is 2.63. The molecule has 5 heteroatoms. The van der Waals surface area contributed by atoms with E-state index in [0.29, 0.717) is 11.1 Å². The molecule has 0 saturated carbocycles. The molecule has 3 rings (SSSR count). The lowest BCUT2D eigenvalue weighted by molar-refractivity contribution is 0.475. The van der Waals surface area contributed by atoms with Crippen LogP contribution in [0.3, 0.4) is 0 Å². The molecule has 108 valence electrons. The van der Waals surface area contributed by atoms with Gasteiger partial charge in [-0.3, -0.25) is 4.40 Å². The minimum absolute atomic E-state index is 0.189. The molecule has 0 N–H and O–H groups in total. The zero-order valence-corrected chi connectivity index (χ0v) is 12.8. The van der Waals surface area contributed by atoms with Gasteiger partial charge < -0.3 is 0 Å². The maximum absolute atomic E-state index is 5.92. The van der Waals surface area contributed by atoms with Crippen LogP contribution in [0.25, 0.3) is 5.65 Å². The van der Waals surface area contributed by atoms with E-state index in [2.05, 4.69) is 53.3 Å². The Balaban J connectivity index is 2.15. The summed E-state index contributed by atoms with van der Waals surface area (Å²) in [5, 5.41) is 9.06. The summed E-state index contributed by atoms with van der Waals surface area (Å²) < 4.78 is 1.93. The molecule has 0 spiro atoms. The number of aromatic nitrogens is 4. The van der Waals surface area contributed by atoms with Crippen molar-refractivity contribution in [3.05, 3.63) is 59.3 Å². The van der Waals surface area contributed by atoms with Crippen LogP contribution < -0.4 is 0 Å². The van der Waals surface area contributed by atoms with Crippen LogP contribution in [0, 0.1) is 5.92 Å². The van der Waals surface area contributed by atoms with Gasteiger partial charge in [-0.15, -0.1) is 10.2 Å². The van der Waals surface area contributed by atoms with Crippen molar-refractivity contribution in [3.63, 3.8) is 0 Å². The molecule has 2 atom stereocenters. The number of nitrogens with zero attached hydrogens (tertiary/aromatic N) is 4. The standard InChI is InChI=1S/C16H17ClN4/c1-3-11(2)15(12-7-5-4-6-8-12)16-20-19-14-9-13(17)18-10-21(14)16/h4-11,15H,3H2,1-2H3. The third-order valence-electron chi connectivity index (χ3n) is 3.94. The second-order valence-corrected chi connectivity index (χ2v) is 5.66. The first-order chi connectivity index (χ1) is 10.2. The topological polar surface area (TPSA) is 43.1 Å². The van der Waals surface area contributed by atoms with Gasteiger partial charge in [0.2, 0.25) is 0 Å². The van der Waals surface area contributed by atoms with Crippen LogP contribution in [-0.2, 0) is 0 Å². The first-order valence-corrected chi connectivity index (χ1v) is 7.49. The number of halogens is 1. The normalized spacial score (nSPS) is 14.2. The molecule has 0 bridgehead atoms. The molecule has 2 heterocycles. The van der Waals surface area contributed by atoms with E-state index in [1.54, 1.807) is 12.4 Å². The van der Waals surface area contributed by atoms with Crippen molar-refractivity contribution in [3.8, 4) is 0 Å². The SMILES string of the molecule is CCC(C)C(c1ccccc1)c1nnc2cc(Cl)ncn12. The summed E-state index contributed by atoms with van der Waals surface area (Å²) in [6.07, 6.45) is 2.76. The van der Waals surface area contributed by atoms with E-state index in [0.717, 1.165) is 17.9 Å². The number of rotatable bonds is 4. The van der Waals surface area contributed by atoms with Gasteiger partial charge in [-0.1, -0.05) is 62.2 Å². The van der Waals surface area contributed by atoms with Crippen LogP contribution in [0.4, 0.5) is 0 Å². The molecule has 0 saturated heterocycles. The van der Waals surface area contributed by atoms with Crippen LogP contribution in [0.1, 0.15) is 37.6 Å². The summed E-state index contributed by atoms with van der Waals surface area (Å²) >= 11 is 5.92. The lowest BCUT2D eigenvalue weighted by Crippen LogP contribution is -2.14. The van der Waals surface area contributed by atoms with Crippen molar-refractivity contribution in [2.45, 2.75) is 26.2 Å². The largest absolute Gasteiger partial charge is 0.269 e. The van der Waals surface area contributed by atoms with Crippen LogP contribution in [0.2, 0.25) is 5.15 Å². The first-order valence-electron chi connectivity index (χ1n) is 7.11. The number of hydrogen-bond donors (Lipinski definition) is 0. The van der Waals surface area contributed by atoms with Gasteiger partial charge >= 0.3 is 0 Å². The number of benzene rings is 1. The summed E-state index contributed by atoms with van der Waals surface area (Å²) in [6.45, 7) is 4.43. The molecule has 2 aromatic heterocycles. The molecule has 21 heavy (non-hydrogen) atoms. The molecule has 0 fully saturated rings. The highest BCUT2D eigenvalue weighted by atomic mass is 35.5. The van der Waals surface area contributed by atoms with E-state index in [4.69, 9.17) is 11.6 Å². The first kappa shape index (κ1) is 14.0. The van der Waals surface area contributed by atoms with Crippen LogP contribution in [0.15, 0.2) is 42.7 Å². The average molecular weight is 301 g/mol. The fraction of sp³-hybridized carbons (Fsp3) is 0.312. The smallest absolute Gasteiger partial charge is 0.165 e. The minimum Gasteiger partial charge on any atom is -0.269 e. The van der Waals surface area contributed by atoms with Gasteiger partial charge in [-0.25, -0.2) is 4.98 Å². The minimum atomic E-state index is 0.189. The molecule has 2 unspecified atom stereocenters. The Bertz CT molecular complexity index is 738. The highest BCUT2D eigenvalue weighted by molar-refractivity contribution is 6.29. The molecule has 0 aliphatic carbocycles. The highest BCUT2D eigenvalue weighted by Crippen LogP contribution is 2.32. The Morgan fingerprint density at radius 1 is 1.19 bits per heavy atom. The lowest BCUT2D eigenvalue weighted by atomic mass is 9.85. The van der Waals surface area contributed by atoms with E-state index < -0.39 is 0 Å². The van der Waals surface area contributed by atoms with Gasteiger partial charge in [-0.2, -0.15) is 0 Å². The van der Waals surface area contributed by atoms with Crippen molar-refractivity contribution in [1.29, 1.82) is 0 Å². The van der Waals surface area contributed by atoms with E-state index >= 15 is 0 Å². The molecule has 0 amide bonds. The second kappa shape index (κ2) is 5.82. The van der Waals surface area contributed by atoms with Crippen molar-refractivity contribution >= 4 is 17.2 Å². The zero-order chi connectivity index (χ0) is 14.8. The summed E-state index contributed by atoms with van der Waals surface area (Å²) in [5.41, 5.74) is 1.98. The van der Waals surface area contributed by atoms with Crippen molar-refractivity contribution in [1.82, 2.24) is 19.6 Å². The molecule has 3 aromatic rings. The summed E-state index contributed by atoms with van der Waals surface area (Å²) in [6, 6.07) is 12.2. The van der Waals surface area contributed by atoms with Gasteiger partial charge in [0.05, 0.1) is 0 Å². The second-order valence-electron chi connectivity index (χ2n) is 5.27. The lowest BCUT2D eigenvalue weighted by Gasteiger charge is -2.21. The highest BCUT2D eigenvalue weighted by Gasteiger charge is 2.25. The molecule has 0 aliphatic rings. The van der Waals surface area contributed by atoms with E-state index in [1.807, 2.05) is 10.5 Å². The molecule has 1 aromatic carbocycles. The monoisotopic (exact) mass is 300 g/mol. The Hall–Kier alpha value is -1.94. The van der Waals surface area contributed by atoms with Crippen molar-refractivity contribution in [2.75, 3.05) is 0 Å². The number of hydrogen-bond acceptors (Lipinski definition) is 3. The van der Waals surface area contributed by atoms with Crippen molar-refractivity contribution < 1.29 is 0 Å². The van der Waals surface area contributed by atoms with Crippen molar-refractivity contribution in [2.24, 2.45) is 5.92 Å². The summed E-state index contributed by atoms with van der Waals surface area (Å²) in [7, 11) is 0. The third-order valence-corrected chi connectivity index (χ3v) is 4.15. The van der Waals surface area contributed by atoms with Gasteiger partial charge in [0, 0.05) is 12.0 Å². The summed E-state index contributed by atoms with van der Waals surface area (Å²) in [5.74, 6) is 1.55. The average Bonchev–Trinajstić information content (AvgIpc) is 2.91. The fourth-order valence-corrected chi connectivity index (χ4v) is 2.77. The molecular formula is C16H17ClN4. The molecule has 4 nitrogen and oxygen atoms in total. The fourth-order valence-electron chi connectivity index (χ4n) is 2.63. The Morgan fingerprint density at radius 3 is 2.67 bits per heavy atom. The van der Waals surface area contributed by atoms with E-state index in [-0.39, 0.29) is 5.92 Å². The van der Waals surface area contributed by atoms with Crippen LogP contribution >= 0.6 is 11.6 Å². The Labute approximate surface area is 128 Å². The zero-order valence-electron chi connectivity index (χ0n) is 12.1. The number of fused-ring (bicyclic) bond motifs is 1. The predicted molar refractivity (Wildman–Crippen MR) is 83.5 cm³/mol. The molecular weight excluding hydrogens is 284 g/mol. The van der Waals surface area contributed by atoms with Gasteiger partial charge in [0.25, 0.3) is 0 Å².